The van der Waals surface area contributed by atoms with Crippen molar-refractivity contribution in [2.45, 2.75) is 12.6 Å². The molecule has 0 spiro atoms. The van der Waals surface area contributed by atoms with Gasteiger partial charge in [-0.25, -0.2) is 4.39 Å². The van der Waals surface area contributed by atoms with Crippen molar-refractivity contribution in [3.63, 3.8) is 0 Å². The number of anilines is 1. The van der Waals surface area contributed by atoms with Crippen LogP contribution >= 0.6 is 0 Å². The highest BCUT2D eigenvalue weighted by molar-refractivity contribution is 6.16. The minimum Gasteiger partial charge on any atom is -0.403 e. The number of nitrogens with one attached hydrogen (secondary N) is 1. The molecule has 1 atom stereocenters. The van der Waals surface area contributed by atoms with Crippen molar-refractivity contribution in [1.29, 1.82) is 0 Å². The summed E-state index contributed by atoms with van der Waals surface area (Å²) >= 11 is 0. The second-order valence-corrected chi connectivity index (χ2v) is 7.11. The summed E-state index contributed by atoms with van der Waals surface area (Å²) in [5.74, 6) is -0.374. The number of carbonyl (C=O) groups is 1. The third-order valence-corrected chi connectivity index (χ3v) is 5.00. The summed E-state index contributed by atoms with van der Waals surface area (Å²) in [6, 6.07) is 23.3. The maximum absolute atomic E-state index is 13.5. The summed E-state index contributed by atoms with van der Waals surface area (Å²) in [5, 5.41) is 10.8. The van der Waals surface area contributed by atoms with Gasteiger partial charge in [-0.3, -0.25) is 9.79 Å². The summed E-state index contributed by atoms with van der Waals surface area (Å²) in [6.45, 7) is 0. The normalized spacial score (nSPS) is 15.7. The van der Waals surface area contributed by atoms with E-state index in [2.05, 4.69) is 15.5 Å². The van der Waals surface area contributed by atoms with Gasteiger partial charge in [-0.1, -0.05) is 65.8 Å². The van der Waals surface area contributed by atoms with Crippen molar-refractivity contribution in [1.82, 2.24) is 10.2 Å². The SMILES string of the molecule is O=C1Cc2ccccc2C(c2ccccc2)=N[C@@H]1Nc1nnc(-c2cccc(F)c2)o1. The highest BCUT2D eigenvalue weighted by Crippen LogP contribution is 2.24. The fraction of sp³-hybridized carbons (Fsp3) is 0.0833. The maximum Gasteiger partial charge on any atom is 0.317 e. The fourth-order valence-electron chi connectivity index (χ4n) is 3.54. The lowest BCUT2D eigenvalue weighted by Gasteiger charge is -2.11. The first-order valence-electron chi connectivity index (χ1n) is 9.77. The minimum absolute atomic E-state index is 0.0414. The van der Waals surface area contributed by atoms with Gasteiger partial charge in [0.1, 0.15) is 5.82 Å². The van der Waals surface area contributed by atoms with Gasteiger partial charge in [0.15, 0.2) is 11.9 Å². The van der Waals surface area contributed by atoms with Crippen molar-refractivity contribution < 1.29 is 13.6 Å². The van der Waals surface area contributed by atoms with Crippen molar-refractivity contribution in [2.24, 2.45) is 4.99 Å². The van der Waals surface area contributed by atoms with Gasteiger partial charge in [0.2, 0.25) is 5.89 Å². The molecule has 152 valence electrons. The van der Waals surface area contributed by atoms with Crippen LogP contribution < -0.4 is 5.32 Å². The van der Waals surface area contributed by atoms with Crippen LogP contribution in [-0.4, -0.2) is 27.9 Å². The molecule has 1 aromatic heterocycles. The van der Waals surface area contributed by atoms with Crippen LogP contribution in [0.15, 0.2) is 88.3 Å². The van der Waals surface area contributed by atoms with E-state index in [1.807, 2.05) is 54.6 Å². The van der Waals surface area contributed by atoms with Gasteiger partial charge < -0.3 is 9.73 Å². The largest absolute Gasteiger partial charge is 0.403 e. The van der Waals surface area contributed by atoms with Gasteiger partial charge in [-0.2, -0.15) is 0 Å². The Balaban J connectivity index is 1.50. The van der Waals surface area contributed by atoms with Crippen molar-refractivity contribution in [3.8, 4) is 11.5 Å². The first-order chi connectivity index (χ1) is 15.2. The second kappa shape index (κ2) is 7.95. The zero-order valence-electron chi connectivity index (χ0n) is 16.3. The molecule has 0 unspecified atom stereocenters. The first kappa shape index (κ1) is 18.9. The van der Waals surface area contributed by atoms with Crippen LogP contribution in [-0.2, 0) is 11.2 Å². The fourth-order valence-corrected chi connectivity index (χ4v) is 3.54. The Labute approximate surface area is 177 Å². The summed E-state index contributed by atoms with van der Waals surface area (Å²) in [7, 11) is 0. The quantitative estimate of drug-likeness (QED) is 0.541. The standard InChI is InChI=1S/C24H17FN4O2/c25-18-11-6-10-17(13-18)23-28-29-24(31-23)27-22-20(30)14-16-9-4-5-12-19(16)21(26-22)15-7-2-1-3-8-15/h1-13,22H,14H2,(H,27,29)/t22-/m1/s1. The number of carbonyl (C=O) groups excluding carboxylic acids is 1. The average Bonchev–Trinajstić information content (AvgIpc) is 3.21. The van der Waals surface area contributed by atoms with E-state index in [0.717, 1.165) is 16.7 Å². The molecule has 1 aliphatic rings. The van der Waals surface area contributed by atoms with Crippen molar-refractivity contribution >= 4 is 17.5 Å². The zero-order valence-corrected chi connectivity index (χ0v) is 16.3. The minimum atomic E-state index is -0.900. The van der Waals surface area contributed by atoms with E-state index in [9.17, 15) is 9.18 Å². The highest BCUT2D eigenvalue weighted by atomic mass is 19.1. The number of rotatable bonds is 4. The van der Waals surface area contributed by atoms with E-state index in [1.54, 1.807) is 12.1 Å². The summed E-state index contributed by atoms with van der Waals surface area (Å²) in [6.07, 6.45) is -0.679. The number of hydrogen-bond acceptors (Lipinski definition) is 6. The monoisotopic (exact) mass is 412 g/mol. The van der Waals surface area contributed by atoms with Crippen LogP contribution in [0.5, 0.6) is 0 Å². The van der Waals surface area contributed by atoms with Crippen LogP contribution in [0, 0.1) is 5.82 Å². The Kier molecular flexibility index (Phi) is 4.84. The molecule has 5 rings (SSSR count). The molecule has 0 amide bonds. The number of fused-ring (bicyclic) bond motifs is 1. The first-order valence-corrected chi connectivity index (χ1v) is 9.77. The lowest BCUT2D eigenvalue weighted by molar-refractivity contribution is -0.119. The number of nitrogens with zero attached hydrogens (tertiary/aromatic N) is 3. The highest BCUT2D eigenvalue weighted by Gasteiger charge is 2.27. The Bertz CT molecular complexity index is 1280. The summed E-state index contributed by atoms with van der Waals surface area (Å²) < 4.78 is 19.1. The summed E-state index contributed by atoms with van der Waals surface area (Å²) in [5.41, 5.74) is 3.89. The number of aromatic nitrogens is 2. The molecule has 3 aromatic carbocycles. The van der Waals surface area contributed by atoms with Crippen molar-refractivity contribution in [3.05, 3.63) is 101 Å². The van der Waals surface area contributed by atoms with E-state index in [-0.39, 0.29) is 24.1 Å². The number of ketones is 1. The van der Waals surface area contributed by atoms with Gasteiger partial charge >= 0.3 is 6.01 Å². The van der Waals surface area contributed by atoms with Crippen LogP contribution in [0.1, 0.15) is 16.7 Å². The third kappa shape index (κ3) is 3.85. The van der Waals surface area contributed by atoms with E-state index in [4.69, 9.17) is 9.41 Å². The number of halogens is 1. The van der Waals surface area contributed by atoms with E-state index >= 15 is 0 Å². The Morgan fingerprint density at radius 2 is 1.68 bits per heavy atom. The van der Waals surface area contributed by atoms with Crippen molar-refractivity contribution in [2.75, 3.05) is 5.32 Å². The second-order valence-electron chi connectivity index (χ2n) is 7.11. The molecule has 0 radical (unpaired) electrons. The molecular formula is C24H17FN4O2. The predicted octanol–water partition coefficient (Wildman–Crippen LogP) is 4.28. The molecule has 4 aromatic rings. The molecule has 0 bridgehead atoms. The van der Waals surface area contributed by atoms with E-state index < -0.39 is 12.0 Å². The molecule has 2 heterocycles. The lowest BCUT2D eigenvalue weighted by atomic mass is 9.96. The van der Waals surface area contributed by atoms with Crippen LogP contribution in [0.4, 0.5) is 10.4 Å². The molecule has 0 saturated carbocycles. The van der Waals surface area contributed by atoms with Gasteiger partial charge in [-0.15, -0.1) is 5.10 Å². The molecule has 7 heteroatoms. The zero-order chi connectivity index (χ0) is 21.2. The molecular weight excluding hydrogens is 395 g/mol. The van der Waals surface area contributed by atoms with Gasteiger partial charge in [0.25, 0.3) is 0 Å². The topological polar surface area (TPSA) is 80.4 Å². The van der Waals surface area contributed by atoms with Crippen LogP contribution in [0.3, 0.4) is 0 Å². The molecule has 0 fully saturated rings. The molecule has 31 heavy (non-hydrogen) atoms. The van der Waals surface area contributed by atoms with Crippen LogP contribution in [0.2, 0.25) is 0 Å². The molecule has 0 saturated heterocycles. The number of aliphatic imine (C=N–C) groups is 1. The summed E-state index contributed by atoms with van der Waals surface area (Å²) in [4.78, 5) is 17.7. The molecule has 0 aliphatic carbocycles. The molecule has 1 aliphatic heterocycles. The number of benzene rings is 3. The molecule has 1 N–H and O–H groups in total. The maximum atomic E-state index is 13.5. The average molecular weight is 412 g/mol. The lowest BCUT2D eigenvalue weighted by Crippen LogP contribution is -2.29. The number of Topliss-reactive ketones (excluding diaryl/α,β-unsaturated/α-hetero) is 1. The third-order valence-electron chi connectivity index (χ3n) is 5.00. The van der Waals surface area contributed by atoms with Gasteiger partial charge in [0, 0.05) is 23.1 Å². The van der Waals surface area contributed by atoms with E-state index in [0.29, 0.717) is 11.3 Å². The Morgan fingerprint density at radius 3 is 2.52 bits per heavy atom. The molecule has 6 nitrogen and oxygen atoms in total. The smallest absolute Gasteiger partial charge is 0.317 e. The Hall–Kier alpha value is -4.13. The van der Waals surface area contributed by atoms with Gasteiger partial charge in [0.05, 0.1) is 5.71 Å². The Morgan fingerprint density at radius 1 is 0.903 bits per heavy atom. The van der Waals surface area contributed by atoms with Gasteiger partial charge in [-0.05, 0) is 23.8 Å². The van der Waals surface area contributed by atoms with Crippen LogP contribution in [0.25, 0.3) is 11.5 Å². The predicted molar refractivity (Wildman–Crippen MR) is 114 cm³/mol. The van der Waals surface area contributed by atoms with E-state index in [1.165, 1.54) is 12.1 Å². The number of hydrogen-bond donors (Lipinski definition) is 1.